The molecule has 39 heavy (non-hydrogen) atoms. The van der Waals surface area contributed by atoms with Gasteiger partial charge in [-0.05, 0) is 61.2 Å². The number of fused-ring (bicyclic) bond motifs is 1. The van der Waals surface area contributed by atoms with Crippen molar-refractivity contribution in [3.63, 3.8) is 0 Å². The molecule has 9 nitrogen and oxygen atoms in total. The minimum atomic E-state index is -3.61. The second-order valence-electron chi connectivity index (χ2n) is 9.22. The van der Waals surface area contributed by atoms with Crippen LogP contribution in [0, 0.1) is 6.92 Å². The highest BCUT2D eigenvalue weighted by molar-refractivity contribution is 7.89. The van der Waals surface area contributed by atoms with Crippen molar-refractivity contribution in [2.75, 3.05) is 31.1 Å². The molecule has 2 N–H and O–H groups in total. The summed E-state index contributed by atoms with van der Waals surface area (Å²) in [5, 5.41) is 2.90. The van der Waals surface area contributed by atoms with Crippen LogP contribution < -0.4 is 24.4 Å². The second-order valence-corrected chi connectivity index (χ2v) is 11.0. The molecule has 0 bridgehead atoms. The molecule has 0 unspecified atom stereocenters. The standard InChI is InChI=1S/C29H33N3O6S/c1-3-16-31-39(35,36)23-13-14-25(21(2)18-23)37-20-28(33)32-19-27(38-26-12-8-7-11-24(26)32)29(34)30-17-15-22-9-5-4-6-10-22/h4-14,18,27,31H,3,15-17,19-20H2,1-2H3,(H,30,34)/t27-/m1/s1. The molecule has 0 spiro atoms. The molecule has 3 aromatic rings. The molecule has 0 saturated heterocycles. The minimum absolute atomic E-state index is 0.0373. The van der Waals surface area contributed by atoms with Gasteiger partial charge in [0.15, 0.2) is 12.7 Å². The largest absolute Gasteiger partial charge is 0.483 e. The molecule has 3 aromatic carbocycles. The molecule has 0 aliphatic carbocycles. The monoisotopic (exact) mass is 551 g/mol. The van der Waals surface area contributed by atoms with Crippen LogP contribution in [0.4, 0.5) is 5.69 Å². The van der Waals surface area contributed by atoms with E-state index in [2.05, 4.69) is 10.0 Å². The van der Waals surface area contributed by atoms with Crippen LogP contribution in [-0.4, -0.2) is 52.6 Å². The second kappa shape index (κ2) is 12.8. The van der Waals surface area contributed by atoms with Crippen molar-refractivity contribution >= 4 is 27.5 Å². The molecule has 1 aliphatic rings. The van der Waals surface area contributed by atoms with Gasteiger partial charge in [-0.2, -0.15) is 0 Å². The number of para-hydroxylation sites is 2. The lowest BCUT2D eigenvalue weighted by atomic mass is 10.1. The molecule has 4 rings (SSSR count). The first kappa shape index (κ1) is 28.1. The van der Waals surface area contributed by atoms with Crippen LogP contribution in [0.2, 0.25) is 0 Å². The van der Waals surface area contributed by atoms with Gasteiger partial charge in [0.2, 0.25) is 10.0 Å². The molecule has 0 aromatic heterocycles. The lowest BCUT2D eigenvalue weighted by Gasteiger charge is -2.34. The summed E-state index contributed by atoms with van der Waals surface area (Å²) in [4.78, 5) is 27.8. The minimum Gasteiger partial charge on any atom is -0.483 e. The number of hydrogen-bond donors (Lipinski definition) is 2. The van der Waals surface area contributed by atoms with Crippen molar-refractivity contribution in [2.45, 2.75) is 37.7 Å². The molecule has 0 radical (unpaired) electrons. The molecule has 1 atom stereocenters. The fourth-order valence-corrected chi connectivity index (χ4v) is 5.40. The maximum atomic E-state index is 13.3. The smallest absolute Gasteiger partial charge is 0.265 e. The number of hydrogen-bond acceptors (Lipinski definition) is 6. The Hall–Kier alpha value is -3.89. The Morgan fingerprint density at radius 2 is 1.77 bits per heavy atom. The van der Waals surface area contributed by atoms with Gasteiger partial charge >= 0.3 is 0 Å². The van der Waals surface area contributed by atoms with Gasteiger partial charge in [0.25, 0.3) is 11.8 Å². The zero-order chi connectivity index (χ0) is 27.8. The average Bonchev–Trinajstić information content (AvgIpc) is 2.95. The van der Waals surface area contributed by atoms with Crippen LogP contribution in [-0.2, 0) is 26.0 Å². The highest BCUT2D eigenvalue weighted by atomic mass is 32.2. The van der Waals surface area contributed by atoms with Crippen molar-refractivity contribution in [3.05, 3.63) is 83.9 Å². The van der Waals surface area contributed by atoms with Crippen LogP contribution in [0.15, 0.2) is 77.7 Å². The van der Waals surface area contributed by atoms with Crippen LogP contribution in [0.1, 0.15) is 24.5 Å². The summed E-state index contributed by atoms with van der Waals surface area (Å²) in [6.07, 6.45) is 0.490. The van der Waals surface area contributed by atoms with Crippen LogP contribution in [0.3, 0.4) is 0 Å². The third kappa shape index (κ3) is 7.15. The van der Waals surface area contributed by atoms with Crippen LogP contribution >= 0.6 is 0 Å². The Kier molecular flexibility index (Phi) is 9.21. The number of aryl methyl sites for hydroxylation is 1. The number of nitrogens with one attached hydrogen (secondary N) is 2. The first-order chi connectivity index (χ1) is 18.8. The van der Waals surface area contributed by atoms with Gasteiger partial charge in [-0.15, -0.1) is 0 Å². The third-order valence-corrected chi connectivity index (χ3v) is 7.73. The lowest BCUT2D eigenvalue weighted by Crippen LogP contribution is -2.52. The average molecular weight is 552 g/mol. The molecule has 0 saturated carbocycles. The molecule has 206 valence electrons. The lowest BCUT2D eigenvalue weighted by molar-refractivity contribution is -0.128. The van der Waals surface area contributed by atoms with Crippen LogP contribution in [0.5, 0.6) is 11.5 Å². The molecule has 10 heteroatoms. The van der Waals surface area contributed by atoms with E-state index in [1.807, 2.05) is 37.3 Å². The van der Waals surface area contributed by atoms with Gasteiger partial charge in [-0.3, -0.25) is 9.59 Å². The summed E-state index contributed by atoms with van der Waals surface area (Å²) < 4.78 is 39.1. The Morgan fingerprint density at radius 1 is 1.03 bits per heavy atom. The van der Waals surface area contributed by atoms with Gasteiger partial charge in [0.05, 0.1) is 17.1 Å². The number of benzene rings is 3. The highest BCUT2D eigenvalue weighted by Gasteiger charge is 2.33. The summed E-state index contributed by atoms with van der Waals surface area (Å²) in [5.74, 6) is 0.178. The Morgan fingerprint density at radius 3 is 2.51 bits per heavy atom. The number of sulfonamides is 1. The number of carbonyl (C=O) groups excluding carboxylic acids is 2. The van der Waals surface area contributed by atoms with E-state index in [-0.39, 0.29) is 29.9 Å². The van der Waals surface area contributed by atoms with Crippen LogP contribution in [0.25, 0.3) is 0 Å². The number of carbonyl (C=O) groups is 2. The van der Waals surface area contributed by atoms with Gasteiger partial charge in [0, 0.05) is 13.1 Å². The first-order valence-corrected chi connectivity index (χ1v) is 14.4. The van der Waals surface area contributed by atoms with Gasteiger partial charge in [-0.25, -0.2) is 13.1 Å². The normalized spacial score (nSPS) is 14.7. The Bertz CT molecular complexity index is 1410. The summed E-state index contributed by atoms with van der Waals surface area (Å²) in [7, 11) is -3.61. The zero-order valence-corrected chi connectivity index (χ0v) is 22.9. The van der Waals surface area contributed by atoms with Gasteiger partial charge in [-0.1, -0.05) is 49.4 Å². The van der Waals surface area contributed by atoms with Gasteiger partial charge in [0.1, 0.15) is 11.5 Å². The number of rotatable bonds is 11. The van der Waals surface area contributed by atoms with E-state index in [9.17, 15) is 18.0 Å². The fraction of sp³-hybridized carbons (Fsp3) is 0.310. The maximum Gasteiger partial charge on any atom is 0.265 e. The topological polar surface area (TPSA) is 114 Å². The molecular weight excluding hydrogens is 518 g/mol. The molecule has 1 heterocycles. The number of nitrogens with zero attached hydrogens (tertiary/aromatic N) is 1. The van der Waals surface area contributed by atoms with E-state index in [0.29, 0.717) is 48.7 Å². The highest BCUT2D eigenvalue weighted by Crippen LogP contribution is 2.33. The number of amides is 2. The van der Waals surface area contributed by atoms with E-state index < -0.39 is 16.1 Å². The predicted octanol–water partition coefficient (Wildman–Crippen LogP) is 3.22. The fourth-order valence-electron chi connectivity index (χ4n) is 4.18. The zero-order valence-electron chi connectivity index (χ0n) is 22.1. The summed E-state index contributed by atoms with van der Waals surface area (Å²) in [5.41, 5.74) is 2.25. The third-order valence-electron chi connectivity index (χ3n) is 6.27. The molecule has 1 aliphatic heterocycles. The van der Waals surface area contributed by atoms with Crippen molar-refractivity contribution in [1.29, 1.82) is 0 Å². The van der Waals surface area contributed by atoms with Crippen molar-refractivity contribution in [2.24, 2.45) is 0 Å². The summed E-state index contributed by atoms with van der Waals surface area (Å²) in [6, 6.07) is 21.4. The maximum absolute atomic E-state index is 13.3. The van der Waals surface area contributed by atoms with Gasteiger partial charge < -0.3 is 19.7 Å². The van der Waals surface area contributed by atoms with E-state index >= 15 is 0 Å². The van der Waals surface area contributed by atoms with E-state index in [1.165, 1.54) is 17.0 Å². The van der Waals surface area contributed by atoms with Crippen molar-refractivity contribution in [3.8, 4) is 11.5 Å². The molecular formula is C29H33N3O6S. The van der Waals surface area contributed by atoms with E-state index in [4.69, 9.17) is 9.47 Å². The quantitative estimate of drug-likeness (QED) is 0.378. The SMILES string of the molecule is CCCNS(=O)(=O)c1ccc(OCC(=O)N2C[C@H](C(=O)NCCc3ccccc3)Oc3ccccc32)c(C)c1. The molecule has 2 amide bonds. The van der Waals surface area contributed by atoms with Crippen molar-refractivity contribution < 1.29 is 27.5 Å². The predicted molar refractivity (Wildman–Crippen MR) is 149 cm³/mol. The Balaban J connectivity index is 1.40. The van der Waals surface area contributed by atoms with E-state index in [0.717, 1.165) is 5.56 Å². The Labute approximate surface area is 229 Å². The van der Waals surface area contributed by atoms with E-state index in [1.54, 1.807) is 37.3 Å². The summed E-state index contributed by atoms with van der Waals surface area (Å²) >= 11 is 0. The van der Waals surface area contributed by atoms with Crippen molar-refractivity contribution in [1.82, 2.24) is 10.0 Å². The number of ether oxygens (including phenoxy) is 2. The first-order valence-electron chi connectivity index (χ1n) is 12.9. The number of anilines is 1. The molecule has 0 fully saturated rings. The summed E-state index contributed by atoms with van der Waals surface area (Å²) in [6.45, 7) is 4.14.